The number of nitrogens with zero attached hydrogens (tertiary/aromatic N) is 1. The number of likely N-dealkylation sites (N-methyl/N-ethyl adjacent to an activating group) is 1. The molecular weight excluding hydrogens is 184 g/mol. The van der Waals surface area contributed by atoms with Crippen LogP contribution in [0.2, 0.25) is 0 Å². The summed E-state index contributed by atoms with van der Waals surface area (Å²) in [6, 6.07) is 0.106. The van der Waals surface area contributed by atoms with Crippen LogP contribution in [0.15, 0.2) is 0 Å². The molecule has 0 spiro atoms. The SMILES string of the molecule is CC(C(=O)O)C(=O)NC1CCN(C)C1. The fraction of sp³-hybridized carbons (Fsp3) is 0.778. The minimum atomic E-state index is -1.08. The molecule has 0 aliphatic carbocycles. The smallest absolute Gasteiger partial charge is 0.315 e. The van der Waals surface area contributed by atoms with Gasteiger partial charge in [-0.2, -0.15) is 0 Å². The molecule has 2 unspecified atom stereocenters. The van der Waals surface area contributed by atoms with E-state index in [1.807, 2.05) is 7.05 Å². The molecule has 5 nitrogen and oxygen atoms in total. The molecule has 0 saturated carbocycles. The van der Waals surface area contributed by atoms with Gasteiger partial charge in [0.25, 0.3) is 0 Å². The van der Waals surface area contributed by atoms with Crippen LogP contribution in [0.1, 0.15) is 13.3 Å². The van der Waals surface area contributed by atoms with Gasteiger partial charge in [-0.25, -0.2) is 0 Å². The number of aliphatic carboxylic acids is 1. The van der Waals surface area contributed by atoms with E-state index in [1.165, 1.54) is 6.92 Å². The van der Waals surface area contributed by atoms with Crippen LogP contribution in [0, 0.1) is 5.92 Å². The summed E-state index contributed by atoms with van der Waals surface area (Å²) in [5.74, 6) is -2.42. The molecule has 0 aromatic carbocycles. The highest BCUT2D eigenvalue weighted by atomic mass is 16.4. The molecule has 0 aromatic rings. The number of likely N-dealkylation sites (tertiary alicyclic amines) is 1. The zero-order valence-electron chi connectivity index (χ0n) is 8.49. The highest BCUT2D eigenvalue weighted by molar-refractivity contribution is 5.96. The highest BCUT2D eigenvalue weighted by Crippen LogP contribution is 2.07. The number of amides is 1. The summed E-state index contributed by atoms with van der Waals surface area (Å²) in [6.45, 7) is 3.15. The Bertz CT molecular complexity index is 242. The van der Waals surface area contributed by atoms with Gasteiger partial charge in [-0.3, -0.25) is 9.59 Å². The van der Waals surface area contributed by atoms with Crippen molar-refractivity contribution in [1.82, 2.24) is 10.2 Å². The molecule has 1 rings (SSSR count). The van der Waals surface area contributed by atoms with E-state index in [4.69, 9.17) is 5.11 Å². The molecule has 1 saturated heterocycles. The number of hydrogen-bond donors (Lipinski definition) is 2. The second-order valence-electron chi connectivity index (χ2n) is 3.82. The molecule has 1 amide bonds. The molecule has 80 valence electrons. The Morgan fingerprint density at radius 1 is 1.57 bits per heavy atom. The first-order chi connectivity index (χ1) is 6.50. The monoisotopic (exact) mass is 200 g/mol. The molecule has 0 radical (unpaired) electrons. The second-order valence-corrected chi connectivity index (χ2v) is 3.82. The van der Waals surface area contributed by atoms with Crippen LogP contribution >= 0.6 is 0 Å². The van der Waals surface area contributed by atoms with Gasteiger partial charge in [-0.1, -0.05) is 0 Å². The Morgan fingerprint density at radius 3 is 2.64 bits per heavy atom. The minimum absolute atomic E-state index is 0.106. The van der Waals surface area contributed by atoms with Gasteiger partial charge in [0.15, 0.2) is 0 Å². The molecule has 1 aliphatic heterocycles. The molecule has 2 atom stereocenters. The highest BCUT2D eigenvalue weighted by Gasteiger charge is 2.26. The van der Waals surface area contributed by atoms with E-state index in [0.29, 0.717) is 0 Å². The lowest BCUT2D eigenvalue weighted by Crippen LogP contribution is -2.41. The minimum Gasteiger partial charge on any atom is -0.481 e. The van der Waals surface area contributed by atoms with Crippen LogP contribution < -0.4 is 5.32 Å². The molecule has 5 heteroatoms. The average molecular weight is 200 g/mol. The fourth-order valence-electron chi connectivity index (χ4n) is 1.49. The second kappa shape index (κ2) is 4.41. The molecule has 14 heavy (non-hydrogen) atoms. The quantitative estimate of drug-likeness (QED) is 0.604. The maximum absolute atomic E-state index is 11.3. The normalized spacial score (nSPS) is 24.6. The van der Waals surface area contributed by atoms with Crippen LogP contribution in [0.5, 0.6) is 0 Å². The Kier molecular flexibility index (Phi) is 3.46. The van der Waals surface area contributed by atoms with Crippen LogP contribution in [0.25, 0.3) is 0 Å². The molecule has 0 bridgehead atoms. The van der Waals surface area contributed by atoms with Crippen molar-refractivity contribution in [3.63, 3.8) is 0 Å². The van der Waals surface area contributed by atoms with Gasteiger partial charge in [0.05, 0.1) is 0 Å². The van der Waals surface area contributed by atoms with Gasteiger partial charge in [0.1, 0.15) is 5.92 Å². The zero-order valence-corrected chi connectivity index (χ0v) is 8.49. The van der Waals surface area contributed by atoms with Crippen molar-refractivity contribution in [3.8, 4) is 0 Å². The first kappa shape index (κ1) is 11.0. The largest absolute Gasteiger partial charge is 0.481 e. The lowest BCUT2D eigenvalue weighted by molar-refractivity contribution is -0.146. The van der Waals surface area contributed by atoms with Crippen LogP contribution in [0.4, 0.5) is 0 Å². The fourth-order valence-corrected chi connectivity index (χ4v) is 1.49. The summed E-state index contributed by atoms with van der Waals surface area (Å²) < 4.78 is 0. The van der Waals surface area contributed by atoms with Crippen molar-refractivity contribution < 1.29 is 14.7 Å². The number of carboxylic acids is 1. The molecule has 2 N–H and O–H groups in total. The zero-order chi connectivity index (χ0) is 10.7. The van der Waals surface area contributed by atoms with Crippen molar-refractivity contribution in [1.29, 1.82) is 0 Å². The van der Waals surface area contributed by atoms with Crippen LogP contribution in [-0.4, -0.2) is 48.1 Å². The van der Waals surface area contributed by atoms with E-state index in [9.17, 15) is 9.59 Å². The first-order valence-corrected chi connectivity index (χ1v) is 4.72. The predicted octanol–water partition coefficient (Wildman–Crippen LogP) is -0.473. The Labute approximate surface area is 83.1 Å². The Hall–Kier alpha value is -1.10. The van der Waals surface area contributed by atoms with Crippen molar-refractivity contribution in [2.24, 2.45) is 5.92 Å². The van der Waals surface area contributed by atoms with E-state index >= 15 is 0 Å². The van der Waals surface area contributed by atoms with Crippen molar-refractivity contribution in [3.05, 3.63) is 0 Å². The lowest BCUT2D eigenvalue weighted by atomic mass is 10.1. The number of rotatable bonds is 3. The van der Waals surface area contributed by atoms with Crippen LogP contribution in [-0.2, 0) is 9.59 Å². The summed E-state index contributed by atoms with van der Waals surface area (Å²) in [5, 5.41) is 11.3. The summed E-state index contributed by atoms with van der Waals surface area (Å²) in [7, 11) is 1.98. The summed E-state index contributed by atoms with van der Waals surface area (Å²) in [6.07, 6.45) is 0.897. The molecule has 1 aliphatic rings. The predicted molar refractivity (Wildman–Crippen MR) is 50.8 cm³/mol. The van der Waals surface area contributed by atoms with Gasteiger partial charge in [-0.05, 0) is 26.9 Å². The molecule has 0 aromatic heterocycles. The summed E-state index contributed by atoms with van der Waals surface area (Å²) in [4.78, 5) is 24.0. The van der Waals surface area contributed by atoms with E-state index in [2.05, 4.69) is 10.2 Å². The van der Waals surface area contributed by atoms with Gasteiger partial charge >= 0.3 is 5.97 Å². The third kappa shape index (κ3) is 2.70. The number of hydrogen-bond acceptors (Lipinski definition) is 3. The Balaban J connectivity index is 2.37. The number of carbonyl (C=O) groups is 2. The molecule has 1 heterocycles. The number of carbonyl (C=O) groups excluding carboxylic acids is 1. The molecule has 1 fully saturated rings. The van der Waals surface area contributed by atoms with Crippen molar-refractivity contribution >= 4 is 11.9 Å². The molecular formula is C9H16N2O3. The van der Waals surface area contributed by atoms with Crippen molar-refractivity contribution in [2.45, 2.75) is 19.4 Å². The van der Waals surface area contributed by atoms with Gasteiger partial charge in [0, 0.05) is 12.6 Å². The topological polar surface area (TPSA) is 69.6 Å². The van der Waals surface area contributed by atoms with E-state index < -0.39 is 17.8 Å². The Morgan fingerprint density at radius 2 is 2.21 bits per heavy atom. The standard InChI is InChI=1S/C9H16N2O3/c1-6(9(13)14)8(12)10-7-3-4-11(2)5-7/h6-7H,3-5H2,1-2H3,(H,10,12)(H,13,14). The average Bonchev–Trinajstić information content (AvgIpc) is 2.49. The number of nitrogens with one attached hydrogen (secondary N) is 1. The van der Waals surface area contributed by atoms with Crippen LogP contribution in [0.3, 0.4) is 0 Å². The number of carboxylic acid groups (broad SMARTS) is 1. The maximum Gasteiger partial charge on any atom is 0.315 e. The van der Waals surface area contributed by atoms with E-state index in [0.717, 1.165) is 19.5 Å². The third-order valence-corrected chi connectivity index (χ3v) is 2.50. The van der Waals surface area contributed by atoms with Crippen molar-refractivity contribution in [2.75, 3.05) is 20.1 Å². The maximum atomic E-state index is 11.3. The summed E-state index contributed by atoms with van der Waals surface area (Å²) >= 11 is 0. The van der Waals surface area contributed by atoms with E-state index in [1.54, 1.807) is 0 Å². The first-order valence-electron chi connectivity index (χ1n) is 4.72. The van der Waals surface area contributed by atoms with Gasteiger partial charge in [-0.15, -0.1) is 0 Å². The third-order valence-electron chi connectivity index (χ3n) is 2.50. The summed E-state index contributed by atoms with van der Waals surface area (Å²) in [5.41, 5.74) is 0. The van der Waals surface area contributed by atoms with Gasteiger partial charge in [0.2, 0.25) is 5.91 Å². The van der Waals surface area contributed by atoms with E-state index in [-0.39, 0.29) is 6.04 Å². The van der Waals surface area contributed by atoms with Gasteiger partial charge < -0.3 is 15.3 Å². The lowest BCUT2D eigenvalue weighted by Gasteiger charge is -2.14.